The molecular formula is C11H12F3N3. The maximum atomic E-state index is 12.6. The molecule has 1 N–H and O–H groups in total. The molecule has 6 heteroatoms. The molecule has 3 nitrogen and oxygen atoms in total. The zero-order valence-electron chi connectivity index (χ0n) is 9.04. The Labute approximate surface area is 96.6 Å². The molecule has 2 fully saturated rings. The van der Waals surface area contributed by atoms with Crippen LogP contribution in [0.5, 0.6) is 0 Å². The highest BCUT2D eigenvalue weighted by Gasteiger charge is 2.39. The van der Waals surface area contributed by atoms with Gasteiger partial charge >= 0.3 is 6.18 Å². The minimum atomic E-state index is -4.30. The van der Waals surface area contributed by atoms with Crippen LogP contribution in [0.1, 0.15) is 12.0 Å². The number of aromatic nitrogens is 1. The predicted octanol–water partition coefficient (Wildman–Crippen LogP) is 1.65. The van der Waals surface area contributed by atoms with Gasteiger partial charge in [-0.25, -0.2) is 4.98 Å². The number of alkyl halides is 3. The molecule has 0 aromatic carbocycles. The van der Waals surface area contributed by atoms with Crippen molar-refractivity contribution >= 4 is 5.82 Å². The molecular weight excluding hydrogens is 231 g/mol. The highest BCUT2D eigenvalue weighted by Crippen LogP contribution is 2.33. The van der Waals surface area contributed by atoms with Gasteiger partial charge in [-0.3, -0.25) is 0 Å². The molecule has 2 atom stereocenters. The zero-order valence-corrected chi connectivity index (χ0v) is 9.04. The molecule has 0 aliphatic carbocycles. The first-order chi connectivity index (χ1) is 8.04. The van der Waals surface area contributed by atoms with Gasteiger partial charge in [0.15, 0.2) is 0 Å². The average molecular weight is 243 g/mol. The number of fused-ring (bicyclic) bond motifs is 2. The molecule has 2 bridgehead atoms. The molecule has 3 rings (SSSR count). The molecule has 3 heterocycles. The number of pyridine rings is 1. The molecule has 17 heavy (non-hydrogen) atoms. The van der Waals surface area contributed by atoms with Crippen molar-refractivity contribution in [2.75, 3.05) is 18.0 Å². The van der Waals surface area contributed by atoms with Crippen LogP contribution in [0.25, 0.3) is 0 Å². The quantitative estimate of drug-likeness (QED) is 0.813. The van der Waals surface area contributed by atoms with Gasteiger partial charge in [0.1, 0.15) is 5.82 Å². The van der Waals surface area contributed by atoms with E-state index in [0.717, 1.165) is 31.6 Å². The van der Waals surface area contributed by atoms with Gasteiger partial charge in [0.2, 0.25) is 0 Å². The molecule has 0 saturated carbocycles. The van der Waals surface area contributed by atoms with Gasteiger partial charge in [-0.15, -0.1) is 0 Å². The Kier molecular flexibility index (Phi) is 2.29. The Morgan fingerprint density at radius 2 is 2.24 bits per heavy atom. The molecule has 0 radical (unpaired) electrons. The smallest absolute Gasteiger partial charge is 0.351 e. The van der Waals surface area contributed by atoms with Gasteiger partial charge in [0.25, 0.3) is 0 Å². The molecule has 1 aromatic rings. The van der Waals surface area contributed by atoms with E-state index in [1.54, 1.807) is 0 Å². The monoisotopic (exact) mass is 243 g/mol. The number of nitrogens with one attached hydrogen (secondary N) is 1. The van der Waals surface area contributed by atoms with Crippen LogP contribution in [0.2, 0.25) is 0 Å². The van der Waals surface area contributed by atoms with Gasteiger partial charge in [-0.2, -0.15) is 13.2 Å². The van der Waals surface area contributed by atoms with Gasteiger partial charge < -0.3 is 10.2 Å². The number of piperazine rings is 1. The lowest BCUT2D eigenvalue weighted by molar-refractivity contribution is -0.137. The summed E-state index contributed by atoms with van der Waals surface area (Å²) < 4.78 is 37.8. The Balaban J connectivity index is 1.89. The van der Waals surface area contributed by atoms with Gasteiger partial charge in [-0.1, -0.05) is 0 Å². The van der Waals surface area contributed by atoms with Crippen LogP contribution in [0.4, 0.5) is 19.0 Å². The third kappa shape index (κ3) is 1.86. The first-order valence-electron chi connectivity index (χ1n) is 5.57. The molecule has 2 aliphatic heterocycles. The van der Waals surface area contributed by atoms with Crippen molar-refractivity contribution in [3.8, 4) is 0 Å². The number of halogens is 3. The minimum Gasteiger partial charge on any atom is -0.351 e. The second-order valence-electron chi connectivity index (χ2n) is 4.55. The summed E-state index contributed by atoms with van der Waals surface area (Å²) in [6.07, 6.45) is -2.07. The van der Waals surface area contributed by atoms with Crippen LogP contribution >= 0.6 is 0 Å². The van der Waals surface area contributed by atoms with Crippen molar-refractivity contribution in [2.24, 2.45) is 0 Å². The molecule has 0 unspecified atom stereocenters. The molecule has 1 aromatic heterocycles. The summed E-state index contributed by atoms with van der Waals surface area (Å²) in [7, 11) is 0. The highest BCUT2D eigenvalue weighted by molar-refractivity contribution is 5.45. The second kappa shape index (κ2) is 3.60. The Bertz CT molecular complexity index is 432. The average Bonchev–Trinajstić information content (AvgIpc) is 2.89. The number of anilines is 1. The summed E-state index contributed by atoms with van der Waals surface area (Å²) in [5.41, 5.74) is -0.627. The molecule has 2 aliphatic rings. The summed E-state index contributed by atoms with van der Waals surface area (Å²) in [6, 6.07) is 2.84. The maximum absolute atomic E-state index is 12.6. The number of rotatable bonds is 1. The van der Waals surface area contributed by atoms with E-state index in [0.29, 0.717) is 11.9 Å². The lowest BCUT2D eigenvalue weighted by Crippen LogP contribution is -2.44. The van der Waals surface area contributed by atoms with Crippen molar-refractivity contribution in [1.82, 2.24) is 10.3 Å². The van der Waals surface area contributed by atoms with E-state index in [-0.39, 0.29) is 6.04 Å². The number of nitrogens with zero attached hydrogens (tertiary/aromatic N) is 2. The van der Waals surface area contributed by atoms with Crippen molar-refractivity contribution in [3.63, 3.8) is 0 Å². The van der Waals surface area contributed by atoms with E-state index in [4.69, 9.17) is 0 Å². The van der Waals surface area contributed by atoms with Gasteiger partial charge in [-0.05, 0) is 18.6 Å². The van der Waals surface area contributed by atoms with Gasteiger partial charge in [0, 0.05) is 31.4 Å². The van der Waals surface area contributed by atoms with Crippen LogP contribution in [-0.4, -0.2) is 30.2 Å². The maximum Gasteiger partial charge on any atom is 0.416 e. The fourth-order valence-electron chi connectivity index (χ4n) is 2.59. The first kappa shape index (κ1) is 10.8. The van der Waals surface area contributed by atoms with Crippen LogP contribution in [-0.2, 0) is 6.18 Å². The van der Waals surface area contributed by atoms with E-state index in [1.807, 2.05) is 4.90 Å². The second-order valence-corrected chi connectivity index (χ2v) is 4.55. The lowest BCUT2D eigenvalue weighted by atomic mass is 10.2. The van der Waals surface area contributed by atoms with Crippen LogP contribution < -0.4 is 10.2 Å². The Morgan fingerprint density at radius 1 is 1.41 bits per heavy atom. The standard InChI is InChI=1S/C11H12F3N3/c12-11(13,14)7-1-2-15-10(3-7)17-6-8-4-9(17)5-16-8/h1-3,8-9,16H,4-6H2/t8-,9-/m1/s1. The van der Waals surface area contributed by atoms with Crippen molar-refractivity contribution < 1.29 is 13.2 Å². The number of hydrogen-bond acceptors (Lipinski definition) is 3. The van der Waals surface area contributed by atoms with E-state index in [1.165, 1.54) is 6.20 Å². The van der Waals surface area contributed by atoms with Gasteiger partial charge in [0.05, 0.1) is 5.56 Å². The highest BCUT2D eigenvalue weighted by atomic mass is 19.4. The fraction of sp³-hybridized carbons (Fsp3) is 0.545. The van der Waals surface area contributed by atoms with Crippen LogP contribution in [0, 0.1) is 0 Å². The van der Waals surface area contributed by atoms with Crippen LogP contribution in [0.15, 0.2) is 18.3 Å². The first-order valence-corrected chi connectivity index (χ1v) is 5.57. The molecule has 0 spiro atoms. The van der Waals surface area contributed by atoms with E-state index in [9.17, 15) is 13.2 Å². The zero-order chi connectivity index (χ0) is 12.0. The summed E-state index contributed by atoms with van der Waals surface area (Å²) >= 11 is 0. The van der Waals surface area contributed by atoms with Crippen molar-refractivity contribution in [1.29, 1.82) is 0 Å². The third-order valence-corrected chi connectivity index (χ3v) is 3.42. The largest absolute Gasteiger partial charge is 0.416 e. The SMILES string of the molecule is FC(F)(F)c1ccnc(N2C[C@H]3C[C@@H]2CN3)c1. The van der Waals surface area contributed by atoms with Crippen molar-refractivity contribution in [2.45, 2.75) is 24.7 Å². The summed E-state index contributed by atoms with van der Waals surface area (Å²) in [4.78, 5) is 6.02. The Morgan fingerprint density at radius 3 is 2.82 bits per heavy atom. The molecule has 2 saturated heterocycles. The Hall–Kier alpha value is -1.30. The lowest BCUT2D eigenvalue weighted by Gasteiger charge is -2.28. The predicted molar refractivity (Wildman–Crippen MR) is 56.8 cm³/mol. The molecule has 0 amide bonds. The summed E-state index contributed by atoms with van der Waals surface area (Å²) in [5.74, 6) is 0.439. The molecule has 92 valence electrons. The van der Waals surface area contributed by atoms with E-state index >= 15 is 0 Å². The number of hydrogen-bond donors (Lipinski definition) is 1. The van der Waals surface area contributed by atoms with Crippen molar-refractivity contribution in [3.05, 3.63) is 23.9 Å². The minimum absolute atomic E-state index is 0.288. The fourth-order valence-corrected chi connectivity index (χ4v) is 2.59. The third-order valence-electron chi connectivity index (χ3n) is 3.42. The van der Waals surface area contributed by atoms with E-state index < -0.39 is 11.7 Å². The normalized spacial score (nSPS) is 27.8. The summed E-state index contributed by atoms with van der Waals surface area (Å²) in [5, 5.41) is 3.31. The van der Waals surface area contributed by atoms with Crippen LogP contribution in [0.3, 0.4) is 0 Å². The summed E-state index contributed by atoms with van der Waals surface area (Å²) in [6.45, 7) is 1.58. The topological polar surface area (TPSA) is 28.2 Å². The van der Waals surface area contributed by atoms with E-state index in [2.05, 4.69) is 10.3 Å².